The number of nitrogens with zero attached hydrogens (tertiary/aromatic N) is 1. The predicted molar refractivity (Wildman–Crippen MR) is 137 cm³/mol. The van der Waals surface area contributed by atoms with E-state index in [1.807, 2.05) is 49.4 Å². The summed E-state index contributed by atoms with van der Waals surface area (Å²) in [4.78, 5) is 13.0. The third-order valence-corrected chi connectivity index (χ3v) is 5.97. The van der Waals surface area contributed by atoms with Gasteiger partial charge in [-0.25, -0.2) is 0 Å². The summed E-state index contributed by atoms with van der Waals surface area (Å²) in [7, 11) is 6.22. The first-order valence-electron chi connectivity index (χ1n) is 11.3. The molecule has 0 bridgehead atoms. The normalized spacial score (nSPS) is 11.5. The van der Waals surface area contributed by atoms with Crippen LogP contribution in [-0.4, -0.2) is 39.5 Å². The number of hydrogen-bond donors (Lipinski definition) is 1. The van der Waals surface area contributed by atoms with E-state index >= 15 is 0 Å². The molecule has 0 saturated carbocycles. The highest BCUT2D eigenvalue weighted by Crippen LogP contribution is 2.43. The van der Waals surface area contributed by atoms with E-state index < -0.39 is 0 Å². The lowest BCUT2D eigenvalue weighted by molar-refractivity contribution is -0.117. The van der Waals surface area contributed by atoms with Crippen LogP contribution in [0.1, 0.15) is 18.4 Å². The molecule has 186 valence electrons. The zero-order valence-corrected chi connectivity index (χ0v) is 20.8. The summed E-state index contributed by atoms with van der Waals surface area (Å²) < 4.78 is 27.3. The van der Waals surface area contributed by atoms with Crippen molar-refractivity contribution in [1.29, 1.82) is 0 Å². The minimum atomic E-state index is -0.343. The van der Waals surface area contributed by atoms with Crippen molar-refractivity contribution in [3.63, 3.8) is 0 Å². The number of anilines is 1. The Hall–Kier alpha value is -4.46. The van der Waals surface area contributed by atoms with Gasteiger partial charge in [-0.2, -0.15) is 0 Å². The van der Waals surface area contributed by atoms with Gasteiger partial charge in [-0.1, -0.05) is 41.6 Å². The standard InChI is InChI=1S/C28H28N2O6/c1-17(18-9-7-6-8-10-18)28(31)29-22-13-19(11-12-23(22)32-2)21-16-36-30-26(21)20-14-24(33-3)27(35-5)25(15-20)34-4/h6-17H,1-5H3,(H,29,31). The van der Waals surface area contributed by atoms with E-state index in [0.717, 1.165) is 16.7 Å². The molecule has 1 N–H and O–H groups in total. The van der Waals surface area contributed by atoms with E-state index in [0.29, 0.717) is 39.9 Å². The topological polar surface area (TPSA) is 92.1 Å². The molecule has 1 atom stereocenters. The number of hydrogen-bond acceptors (Lipinski definition) is 7. The van der Waals surface area contributed by atoms with Crippen LogP contribution in [0.4, 0.5) is 5.69 Å². The maximum atomic E-state index is 13.0. The van der Waals surface area contributed by atoms with E-state index in [-0.39, 0.29) is 11.8 Å². The summed E-state index contributed by atoms with van der Waals surface area (Å²) in [6, 6.07) is 18.7. The Morgan fingerprint density at radius 2 is 1.50 bits per heavy atom. The Kier molecular flexibility index (Phi) is 7.44. The molecule has 8 nitrogen and oxygen atoms in total. The molecule has 1 heterocycles. The molecule has 3 aromatic carbocycles. The quantitative estimate of drug-likeness (QED) is 0.319. The molecule has 0 aliphatic rings. The molecule has 0 aliphatic heterocycles. The van der Waals surface area contributed by atoms with Crippen molar-refractivity contribution in [2.24, 2.45) is 0 Å². The minimum absolute atomic E-state index is 0.146. The molecule has 0 radical (unpaired) electrons. The smallest absolute Gasteiger partial charge is 0.231 e. The first-order chi connectivity index (χ1) is 17.5. The van der Waals surface area contributed by atoms with Crippen LogP contribution in [0, 0.1) is 0 Å². The number of benzene rings is 3. The number of amides is 1. The van der Waals surface area contributed by atoms with Crippen molar-refractivity contribution in [1.82, 2.24) is 5.16 Å². The molecule has 1 amide bonds. The van der Waals surface area contributed by atoms with Gasteiger partial charge in [0.05, 0.1) is 40.0 Å². The molecular formula is C28H28N2O6. The fourth-order valence-corrected chi connectivity index (χ4v) is 3.97. The summed E-state index contributed by atoms with van der Waals surface area (Å²) >= 11 is 0. The minimum Gasteiger partial charge on any atom is -0.495 e. The molecule has 36 heavy (non-hydrogen) atoms. The van der Waals surface area contributed by atoms with Gasteiger partial charge in [-0.05, 0) is 42.3 Å². The number of rotatable bonds is 9. The highest BCUT2D eigenvalue weighted by Gasteiger charge is 2.21. The number of aromatic nitrogens is 1. The number of carbonyl (C=O) groups is 1. The average Bonchev–Trinajstić information content (AvgIpc) is 3.42. The lowest BCUT2D eigenvalue weighted by atomic mass is 9.99. The summed E-state index contributed by atoms with van der Waals surface area (Å²) in [5.74, 6) is 1.53. The van der Waals surface area contributed by atoms with Crippen LogP contribution in [0.15, 0.2) is 71.4 Å². The number of ether oxygens (including phenoxy) is 4. The summed E-state index contributed by atoms with van der Waals surface area (Å²) in [6.07, 6.45) is 1.55. The predicted octanol–water partition coefficient (Wildman–Crippen LogP) is 5.79. The zero-order valence-electron chi connectivity index (χ0n) is 20.8. The van der Waals surface area contributed by atoms with Crippen LogP contribution >= 0.6 is 0 Å². The molecule has 0 aliphatic carbocycles. The van der Waals surface area contributed by atoms with Crippen molar-refractivity contribution in [2.45, 2.75) is 12.8 Å². The van der Waals surface area contributed by atoms with Gasteiger partial charge < -0.3 is 28.8 Å². The Labute approximate surface area is 209 Å². The Morgan fingerprint density at radius 3 is 2.11 bits per heavy atom. The highest BCUT2D eigenvalue weighted by atomic mass is 16.5. The van der Waals surface area contributed by atoms with Crippen LogP contribution in [0.5, 0.6) is 23.0 Å². The summed E-state index contributed by atoms with van der Waals surface area (Å²) in [5.41, 5.74) is 4.26. The second-order valence-electron chi connectivity index (χ2n) is 8.03. The van der Waals surface area contributed by atoms with Crippen LogP contribution in [0.25, 0.3) is 22.4 Å². The third-order valence-electron chi connectivity index (χ3n) is 5.97. The average molecular weight is 489 g/mol. The monoisotopic (exact) mass is 488 g/mol. The maximum absolute atomic E-state index is 13.0. The van der Waals surface area contributed by atoms with Gasteiger partial charge in [-0.3, -0.25) is 4.79 Å². The molecule has 1 unspecified atom stereocenters. The van der Waals surface area contributed by atoms with Crippen molar-refractivity contribution in [3.05, 3.63) is 72.5 Å². The molecule has 4 rings (SSSR count). The number of nitrogens with one attached hydrogen (secondary N) is 1. The second kappa shape index (κ2) is 10.9. The number of carbonyl (C=O) groups excluding carboxylic acids is 1. The summed E-state index contributed by atoms with van der Waals surface area (Å²) in [5, 5.41) is 7.23. The lowest BCUT2D eigenvalue weighted by Gasteiger charge is -2.16. The fourth-order valence-electron chi connectivity index (χ4n) is 3.97. The van der Waals surface area contributed by atoms with Crippen molar-refractivity contribution < 1.29 is 28.3 Å². The molecule has 1 aromatic heterocycles. The van der Waals surface area contributed by atoms with E-state index in [9.17, 15) is 4.79 Å². The zero-order chi connectivity index (χ0) is 25.7. The Balaban J connectivity index is 1.71. The molecule has 0 fully saturated rings. The number of methoxy groups -OCH3 is 4. The van der Waals surface area contributed by atoms with Crippen molar-refractivity contribution in [2.75, 3.05) is 33.8 Å². The van der Waals surface area contributed by atoms with Gasteiger partial charge in [0, 0.05) is 11.1 Å². The largest absolute Gasteiger partial charge is 0.495 e. The van der Waals surface area contributed by atoms with Crippen LogP contribution in [0.2, 0.25) is 0 Å². The van der Waals surface area contributed by atoms with E-state index in [1.165, 1.54) is 0 Å². The first kappa shape index (κ1) is 24.7. The fraction of sp³-hybridized carbons (Fsp3) is 0.214. The molecule has 0 saturated heterocycles. The first-order valence-corrected chi connectivity index (χ1v) is 11.3. The van der Waals surface area contributed by atoms with Crippen LogP contribution < -0.4 is 24.3 Å². The second-order valence-corrected chi connectivity index (χ2v) is 8.03. The van der Waals surface area contributed by atoms with Gasteiger partial charge in [0.25, 0.3) is 0 Å². The Bertz CT molecular complexity index is 1320. The van der Waals surface area contributed by atoms with Gasteiger partial charge in [0.1, 0.15) is 17.7 Å². The molecule has 4 aromatic rings. The van der Waals surface area contributed by atoms with Gasteiger partial charge in [0.2, 0.25) is 11.7 Å². The van der Waals surface area contributed by atoms with Gasteiger partial charge in [0.15, 0.2) is 11.5 Å². The lowest BCUT2D eigenvalue weighted by Crippen LogP contribution is -2.19. The van der Waals surface area contributed by atoms with Crippen LogP contribution in [0.3, 0.4) is 0 Å². The van der Waals surface area contributed by atoms with Crippen molar-refractivity contribution >= 4 is 11.6 Å². The Morgan fingerprint density at radius 1 is 0.833 bits per heavy atom. The molecule has 0 spiro atoms. The van der Waals surface area contributed by atoms with Crippen molar-refractivity contribution in [3.8, 4) is 45.4 Å². The third kappa shape index (κ3) is 4.84. The van der Waals surface area contributed by atoms with E-state index in [2.05, 4.69) is 10.5 Å². The van der Waals surface area contributed by atoms with Gasteiger partial charge in [-0.15, -0.1) is 0 Å². The van der Waals surface area contributed by atoms with Gasteiger partial charge >= 0.3 is 0 Å². The maximum Gasteiger partial charge on any atom is 0.231 e. The molecule has 8 heteroatoms. The van der Waals surface area contributed by atoms with E-state index in [4.69, 9.17) is 23.5 Å². The SMILES string of the molecule is COc1ccc(-c2conc2-c2cc(OC)c(OC)c(OC)c2)cc1NC(=O)C(C)c1ccccc1. The molecular weight excluding hydrogens is 460 g/mol. The van der Waals surface area contributed by atoms with Crippen LogP contribution in [-0.2, 0) is 4.79 Å². The highest BCUT2D eigenvalue weighted by molar-refractivity contribution is 5.98. The summed E-state index contributed by atoms with van der Waals surface area (Å²) in [6.45, 7) is 1.86. The van der Waals surface area contributed by atoms with E-state index in [1.54, 1.807) is 52.9 Å².